The Hall–Kier alpha value is -1.79. The molecule has 1 unspecified atom stereocenters. The van der Waals surface area contributed by atoms with Gasteiger partial charge < -0.3 is 18.3 Å². The summed E-state index contributed by atoms with van der Waals surface area (Å²) >= 11 is 0. The van der Waals surface area contributed by atoms with E-state index in [1.165, 1.54) is 0 Å². The van der Waals surface area contributed by atoms with E-state index in [-0.39, 0.29) is 13.2 Å². The molecule has 5 nitrogen and oxygen atoms in total. The third kappa shape index (κ3) is 6.85. The van der Waals surface area contributed by atoms with Crippen molar-refractivity contribution in [3.8, 4) is 5.75 Å². The van der Waals surface area contributed by atoms with Gasteiger partial charge in [0.2, 0.25) is 0 Å². The lowest BCUT2D eigenvalue weighted by Crippen LogP contribution is -2.51. The van der Waals surface area contributed by atoms with Crippen LogP contribution in [0.1, 0.15) is 13.8 Å². The minimum absolute atomic E-state index is 0.0515. The lowest BCUT2D eigenvalue weighted by Gasteiger charge is -2.34. The summed E-state index contributed by atoms with van der Waals surface area (Å²) in [5.74, 6) is -1.20. The smallest absolute Gasteiger partial charge is 0.471 e. The molecule has 0 spiro atoms. The Balaban J connectivity index is 2.28. The zero-order chi connectivity index (χ0) is 24.5. The normalized spacial score (nSPS) is 14.1. The Morgan fingerprint density at radius 2 is 1.72 bits per heavy atom. The molecule has 0 aliphatic heterocycles. The summed E-state index contributed by atoms with van der Waals surface area (Å²) in [6, 6.07) is 7.19. The highest BCUT2D eigenvalue weighted by Gasteiger charge is 2.44. The molecule has 0 aliphatic carbocycles. The number of aromatic nitrogens is 1. The summed E-state index contributed by atoms with van der Waals surface area (Å²) in [4.78, 5) is 12.8. The number of halogens is 3. The molecule has 1 atom stereocenters. The predicted molar refractivity (Wildman–Crippen MR) is 127 cm³/mol. The van der Waals surface area contributed by atoms with Crippen LogP contribution in [0.3, 0.4) is 0 Å². The van der Waals surface area contributed by atoms with Crippen LogP contribution in [-0.4, -0.2) is 63.1 Å². The van der Waals surface area contributed by atoms with Gasteiger partial charge in [0.15, 0.2) is 16.6 Å². The van der Waals surface area contributed by atoms with E-state index in [4.69, 9.17) is 9.16 Å². The van der Waals surface area contributed by atoms with Crippen LogP contribution in [0, 0.1) is 0 Å². The largest absolute Gasteiger partial charge is 0.490 e. The average molecular weight is 489 g/mol. The van der Waals surface area contributed by atoms with Crippen LogP contribution in [0.25, 0.3) is 10.9 Å². The van der Waals surface area contributed by atoms with Gasteiger partial charge in [-0.2, -0.15) is 13.2 Å². The first kappa shape index (κ1) is 26.5. The quantitative estimate of drug-likeness (QED) is 0.424. The molecule has 1 aromatic carbocycles. The third-order valence-corrected chi connectivity index (χ3v) is 7.76. The first-order valence-electron chi connectivity index (χ1n) is 10.8. The second-order valence-electron chi connectivity index (χ2n) is 10.3. The second kappa shape index (κ2) is 9.60. The highest BCUT2D eigenvalue weighted by Crippen LogP contribution is 2.29. The Morgan fingerprint density at radius 3 is 2.22 bits per heavy atom. The van der Waals surface area contributed by atoms with Crippen molar-refractivity contribution in [2.75, 3.05) is 13.2 Å². The van der Waals surface area contributed by atoms with E-state index in [1.807, 2.05) is 43.9 Å². The first-order valence-corrected chi connectivity index (χ1v) is 17.6. The number of alkyl halides is 3. The Kier molecular flexibility index (Phi) is 7.94. The van der Waals surface area contributed by atoms with Gasteiger partial charge in [0, 0.05) is 23.5 Å². The maximum atomic E-state index is 13.1. The van der Waals surface area contributed by atoms with E-state index in [9.17, 15) is 18.0 Å². The van der Waals surface area contributed by atoms with E-state index in [1.54, 1.807) is 13.8 Å². The number of rotatable bonds is 9. The highest BCUT2D eigenvalue weighted by molar-refractivity contribution is 6.75. The van der Waals surface area contributed by atoms with E-state index < -0.39 is 40.8 Å². The molecule has 0 saturated carbocycles. The number of carbonyl (C=O) groups excluding carboxylic acids is 1. The number of carbonyl (C=O) groups is 1. The van der Waals surface area contributed by atoms with E-state index >= 15 is 0 Å². The van der Waals surface area contributed by atoms with Gasteiger partial charge in [0.05, 0.1) is 6.10 Å². The number of fused-ring (bicyclic) bond motifs is 1. The molecule has 0 fully saturated rings. The van der Waals surface area contributed by atoms with Crippen LogP contribution in [0.4, 0.5) is 13.2 Å². The number of hydrogen-bond acceptors (Lipinski definition) is 3. The van der Waals surface area contributed by atoms with Gasteiger partial charge in [-0.25, -0.2) is 0 Å². The topological polar surface area (TPSA) is 43.7 Å². The second-order valence-corrected chi connectivity index (χ2v) is 19.5. The van der Waals surface area contributed by atoms with Crippen LogP contribution in [0.2, 0.25) is 39.3 Å². The third-order valence-electron chi connectivity index (χ3n) is 4.89. The van der Waals surface area contributed by atoms with Gasteiger partial charge in [-0.15, -0.1) is 0 Å². The van der Waals surface area contributed by atoms with E-state index in [0.29, 0.717) is 5.75 Å². The van der Waals surface area contributed by atoms with Crippen molar-refractivity contribution in [1.29, 1.82) is 0 Å². The Morgan fingerprint density at radius 1 is 1.09 bits per heavy atom. The van der Waals surface area contributed by atoms with Crippen molar-refractivity contribution < 1.29 is 27.1 Å². The molecule has 0 bridgehead atoms. The minimum atomic E-state index is -4.93. The number of benzene rings is 1. The standard InChI is InChI=1S/C22H35F3N2O3Si2/c1-16(2)26(21(28)22(23,24)25)14-17(30-32(6,7)8)15-29-20-11-9-10-19-18(20)12-13-27(19)31(3,4)5/h9-13,16-17H,14-15H2,1-8H3. The molecule has 0 N–H and O–H groups in total. The van der Waals surface area contributed by atoms with Gasteiger partial charge in [0.1, 0.15) is 12.4 Å². The predicted octanol–water partition coefficient (Wildman–Crippen LogP) is 5.72. The molecule has 1 heterocycles. The lowest BCUT2D eigenvalue weighted by atomic mass is 10.2. The van der Waals surface area contributed by atoms with Crippen LogP contribution in [0.5, 0.6) is 5.75 Å². The summed E-state index contributed by atoms with van der Waals surface area (Å²) in [6.45, 7) is 15.6. The Bertz CT molecular complexity index is 931. The number of ether oxygens (including phenoxy) is 1. The monoisotopic (exact) mass is 488 g/mol. The zero-order valence-corrected chi connectivity index (χ0v) is 22.2. The van der Waals surface area contributed by atoms with Crippen molar-refractivity contribution in [2.45, 2.75) is 71.5 Å². The maximum Gasteiger partial charge on any atom is 0.471 e. The summed E-state index contributed by atoms with van der Waals surface area (Å²) in [6.07, 6.45) is -3.55. The lowest BCUT2D eigenvalue weighted by molar-refractivity contribution is -0.188. The van der Waals surface area contributed by atoms with Crippen LogP contribution in [0.15, 0.2) is 30.5 Å². The fourth-order valence-electron chi connectivity index (χ4n) is 3.57. The fraction of sp³-hybridized carbons (Fsp3) is 0.591. The van der Waals surface area contributed by atoms with Crippen molar-refractivity contribution in [2.24, 2.45) is 0 Å². The molecular formula is C22H35F3N2O3Si2. The molecule has 0 aliphatic rings. The van der Waals surface area contributed by atoms with Crippen molar-refractivity contribution in [3.05, 3.63) is 30.5 Å². The fourth-order valence-corrected chi connectivity index (χ4v) is 6.15. The summed E-state index contributed by atoms with van der Waals surface area (Å²) in [5, 5.41) is 0.953. The first-order chi connectivity index (χ1) is 14.5. The van der Waals surface area contributed by atoms with E-state index in [2.05, 4.69) is 30.1 Å². The summed E-state index contributed by atoms with van der Waals surface area (Å²) in [7, 11) is -3.73. The average Bonchev–Trinajstić information content (AvgIpc) is 3.06. The minimum Gasteiger partial charge on any atom is -0.490 e. The van der Waals surface area contributed by atoms with Crippen molar-refractivity contribution in [3.63, 3.8) is 0 Å². The molecule has 2 aromatic rings. The van der Waals surface area contributed by atoms with Gasteiger partial charge in [0.25, 0.3) is 0 Å². The van der Waals surface area contributed by atoms with E-state index in [0.717, 1.165) is 15.8 Å². The molecule has 0 radical (unpaired) electrons. The van der Waals surface area contributed by atoms with Crippen LogP contribution in [-0.2, 0) is 9.22 Å². The van der Waals surface area contributed by atoms with Gasteiger partial charge in [-0.3, -0.25) is 4.79 Å². The maximum absolute atomic E-state index is 13.1. The molecular weight excluding hydrogens is 453 g/mol. The SMILES string of the molecule is CC(C)N(CC(COc1cccc2c1ccn2[Si](C)(C)C)O[Si](C)(C)C)C(=O)C(F)(F)F. The molecule has 0 saturated heterocycles. The molecule has 10 heteroatoms. The van der Waals surface area contributed by atoms with Gasteiger partial charge in [-0.1, -0.05) is 25.7 Å². The molecule has 32 heavy (non-hydrogen) atoms. The van der Waals surface area contributed by atoms with Gasteiger partial charge in [-0.05, 0) is 57.9 Å². The number of nitrogens with zero attached hydrogens (tertiary/aromatic N) is 2. The molecule has 2 rings (SSSR count). The van der Waals surface area contributed by atoms with Gasteiger partial charge >= 0.3 is 12.1 Å². The molecule has 1 aromatic heterocycles. The number of amides is 1. The van der Waals surface area contributed by atoms with Crippen LogP contribution < -0.4 is 4.74 Å². The molecule has 1 amide bonds. The summed E-state index contributed by atoms with van der Waals surface area (Å²) in [5.41, 5.74) is 1.07. The van der Waals surface area contributed by atoms with Crippen molar-refractivity contribution in [1.82, 2.24) is 9.13 Å². The summed E-state index contributed by atoms with van der Waals surface area (Å²) < 4.78 is 53.8. The molecule has 180 valence electrons. The Labute approximate surface area is 190 Å². The number of hydrogen-bond donors (Lipinski definition) is 0. The zero-order valence-electron chi connectivity index (χ0n) is 20.2. The highest BCUT2D eigenvalue weighted by atomic mass is 28.4. The van der Waals surface area contributed by atoms with Crippen molar-refractivity contribution >= 4 is 33.4 Å². The van der Waals surface area contributed by atoms with Crippen LogP contribution >= 0.6 is 0 Å².